The van der Waals surface area contributed by atoms with Gasteiger partial charge in [-0.1, -0.05) is 6.58 Å². The first-order valence-electron chi connectivity index (χ1n) is 9.05. The van der Waals surface area contributed by atoms with Gasteiger partial charge in [0.1, 0.15) is 11.6 Å². The van der Waals surface area contributed by atoms with Gasteiger partial charge >= 0.3 is 0 Å². The lowest BCUT2D eigenvalue weighted by Gasteiger charge is -2.43. The van der Waals surface area contributed by atoms with Crippen LogP contribution < -0.4 is 4.74 Å². The van der Waals surface area contributed by atoms with Gasteiger partial charge in [-0.05, 0) is 18.6 Å². The molecule has 0 aromatic carbocycles. The van der Waals surface area contributed by atoms with Gasteiger partial charge < -0.3 is 9.64 Å². The van der Waals surface area contributed by atoms with Crippen LogP contribution in [0, 0.1) is 5.92 Å². The van der Waals surface area contributed by atoms with Crippen LogP contribution in [0.2, 0.25) is 0 Å². The Morgan fingerprint density at radius 3 is 3.00 bits per heavy atom. The number of likely N-dealkylation sites (tertiary alicyclic amines) is 1. The average Bonchev–Trinajstić information content (AvgIpc) is 3.36. The van der Waals surface area contributed by atoms with Gasteiger partial charge in [0.2, 0.25) is 11.8 Å². The number of amides is 1. The second kappa shape index (κ2) is 5.94. The molecular weight excluding hydrogens is 344 g/mol. The predicted octanol–water partition coefficient (Wildman–Crippen LogP) is 1.68. The Hall–Kier alpha value is -3.16. The van der Waals surface area contributed by atoms with Gasteiger partial charge in [0.05, 0.1) is 24.3 Å². The van der Waals surface area contributed by atoms with Crippen molar-refractivity contribution in [1.29, 1.82) is 0 Å². The first-order valence-corrected chi connectivity index (χ1v) is 9.05. The van der Waals surface area contributed by atoms with Crippen LogP contribution in [0.5, 0.6) is 5.88 Å². The largest absolute Gasteiger partial charge is 0.473 e. The van der Waals surface area contributed by atoms with Gasteiger partial charge in [-0.3, -0.25) is 9.48 Å². The second-order valence-electron chi connectivity index (χ2n) is 7.23. The molecule has 27 heavy (non-hydrogen) atoms. The van der Waals surface area contributed by atoms with Crippen LogP contribution in [0.1, 0.15) is 12.8 Å². The molecular formula is C19H20N6O2. The van der Waals surface area contributed by atoms with Crippen LogP contribution >= 0.6 is 0 Å². The highest BCUT2D eigenvalue weighted by Crippen LogP contribution is 2.41. The van der Waals surface area contributed by atoms with Crippen molar-refractivity contribution in [1.82, 2.24) is 29.3 Å². The molecule has 8 nitrogen and oxygen atoms in total. The summed E-state index contributed by atoms with van der Waals surface area (Å²) in [6, 6.07) is 2.15. The molecule has 0 unspecified atom stereocenters. The predicted molar refractivity (Wildman–Crippen MR) is 98.0 cm³/mol. The molecule has 5 rings (SSSR count). The van der Waals surface area contributed by atoms with E-state index in [0.717, 1.165) is 36.2 Å². The van der Waals surface area contributed by atoms with Crippen LogP contribution in [-0.2, 0) is 11.8 Å². The summed E-state index contributed by atoms with van der Waals surface area (Å²) in [6.45, 7) is 4.38. The van der Waals surface area contributed by atoms with Crippen LogP contribution in [0.3, 0.4) is 0 Å². The van der Waals surface area contributed by atoms with E-state index in [1.165, 1.54) is 6.08 Å². The number of aromatic nitrogens is 5. The fraction of sp³-hybridized carbons (Fsp3) is 0.368. The first kappa shape index (κ1) is 16.0. The summed E-state index contributed by atoms with van der Waals surface area (Å²) in [5.74, 6) is 1.08. The van der Waals surface area contributed by atoms with E-state index in [9.17, 15) is 4.79 Å². The van der Waals surface area contributed by atoms with Gasteiger partial charge in [-0.2, -0.15) is 10.2 Å². The van der Waals surface area contributed by atoms with E-state index >= 15 is 0 Å². The van der Waals surface area contributed by atoms with E-state index in [-0.39, 0.29) is 18.1 Å². The summed E-state index contributed by atoms with van der Waals surface area (Å²) in [5.41, 5.74) is 2.51. The Labute approximate surface area is 156 Å². The summed E-state index contributed by atoms with van der Waals surface area (Å²) in [6.07, 6.45) is 10.5. The minimum atomic E-state index is 0.00628. The van der Waals surface area contributed by atoms with Crippen molar-refractivity contribution in [2.45, 2.75) is 25.0 Å². The quantitative estimate of drug-likeness (QED) is 0.659. The number of carbonyl (C=O) groups is 1. The molecule has 2 aliphatic rings. The van der Waals surface area contributed by atoms with E-state index in [2.05, 4.69) is 16.8 Å². The minimum Gasteiger partial charge on any atom is -0.473 e. The SMILES string of the molecule is C=CC(=O)N1C[C@@H]2C[C@H](Oc3nc(-c4cnn(C)c4)cn4nccc34)C[C@@H]21. The monoisotopic (exact) mass is 364 g/mol. The van der Waals surface area contributed by atoms with Gasteiger partial charge in [0, 0.05) is 43.7 Å². The van der Waals surface area contributed by atoms with Crippen molar-refractivity contribution < 1.29 is 9.53 Å². The molecule has 1 aliphatic carbocycles. The van der Waals surface area contributed by atoms with Crippen LogP contribution in [0.4, 0.5) is 0 Å². The lowest BCUT2D eigenvalue weighted by atomic mass is 9.92. The first-order chi connectivity index (χ1) is 13.1. The zero-order valence-electron chi connectivity index (χ0n) is 15.0. The fourth-order valence-corrected chi connectivity index (χ4v) is 4.18. The Morgan fingerprint density at radius 2 is 2.22 bits per heavy atom. The maximum absolute atomic E-state index is 11.9. The van der Waals surface area contributed by atoms with Crippen molar-refractivity contribution in [2.75, 3.05) is 6.54 Å². The number of nitrogens with zero attached hydrogens (tertiary/aromatic N) is 6. The molecule has 3 atom stereocenters. The highest BCUT2D eigenvalue weighted by molar-refractivity contribution is 5.88. The van der Waals surface area contributed by atoms with Crippen molar-refractivity contribution in [2.24, 2.45) is 13.0 Å². The van der Waals surface area contributed by atoms with Gasteiger partial charge in [-0.25, -0.2) is 9.50 Å². The number of carbonyl (C=O) groups excluding carboxylic acids is 1. The molecule has 8 heteroatoms. The average molecular weight is 364 g/mol. The summed E-state index contributed by atoms with van der Waals surface area (Å²) in [5, 5.41) is 8.56. The number of hydrogen-bond acceptors (Lipinski definition) is 5. The summed E-state index contributed by atoms with van der Waals surface area (Å²) in [7, 11) is 1.87. The Morgan fingerprint density at radius 1 is 1.33 bits per heavy atom. The van der Waals surface area contributed by atoms with Gasteiger partial charge in [-0.15, -0.1) is 0 Å². The molecule has 0 N–H and O–H groups in total. The fourth-order valence-electron chi connectivity index (χ4n) is 4.18. The highest BCUT2D eigenvalue weighted by atomic mass is 16.5. The summed E-state index contributed by atoms with van der Waals surface area (Å²) >= 11 is 0. The molecule has 1 amide bonds. The maximum Gasteiger partial charge on any atom is 0.246 e. The normalized spacial score (nSPS) is 23.9. The minimum absolute atomic E-state index is 0.00628. The van der Waals surface area contributed by atoms with Gasteiger partial charge in [0.15, 0.2) is 0 Å². The number of ether oxygens (including phenoxy) is 1. The number of rotatable bonds is 4. The van der Waals surface area contributed by atoms with E-state index in [4.69, 9.17) is 9.72 Å². The molecule has 0 radical (unpaired) electrons. The summed E-state index contributed by atoms with van der Waals surface area (Å²) in [4.78, 5) is 18.5. The third-order valence-electron chi connectivity index (χ3n) is 5.54. The van der Waals surface area contributed by atoms with Crippen LogP contribution in [-0.4, -0.2) is 53.9 Å². The molecule has 1 saturated heterocycles. The van der Waals surface area contributed by atoms with Crippen molar-refractivity contribution >= 4 is 11.4 Å². The van der Waals surface area contributed by atoms with Crippen LogP contribution in [0.15, 0.2) is 43.5 Å². The van der Waals surface area contributed by atoms with E-state index in [1.54, 1.807) is 21.6 Å². The topological polar surface area (TPSA) is 77.6 Å². The van der Waals surface area contributed by atoms with E-state index < -0.39 is 0 Å². The summed E-state index contributed by atoms with van der Waals surface area (Å²) < 4.78 is 9.82. The van der Waals surface area contributed by atoms with Crippen molar-refractivity contribution in [3.8, 4) is 17.1 Å². The zero-order chi connectivity index (χ0) is 18.5. The molecule has 3 aromatic rings. The number of fused-ring (bicyclic) bond motifs is 2. The molecule has 1 aliphatic heterocycles. The second-order valence-corrected chi connectivity index (χ2v) is 7.23. The van der Waals surface area contributed by atoms with Crippen molar-refractivity contribution in [3.05, 3.63) is 43.5 Å². The molecule has 3 aromatic heterocycles. The molecule has 0 bridgehead atoms. The lowest BCUT2D eigenvalue weighted by molar-refractivity contribution is -0.136. The highest BCUT2D eigenvalue weighted by Gasteiger charge is 2.48. The smallest absolute Gasteiger partial charge is 0.246 e. The molecule has 0 spiro atoms. The number of hydrogen-bond donors (Lipinski definition) is 0. The van der Waals surface area contributed by atoms with E-state index in [0.29, 0.717) is 11.8 Å². The van der Waals surface area contributed by atoms with Crippen LogP contribution in [0.25, 0.3) is 16.8 Å². The third kappa shape index (κ3) is 2.59. The third-order valence-corrected chi connectivity index (χ3v) is 5.54. The Balaban J connectivity index is 1.41. The maximum atomic E-state index is 11.9. The Kier molecular flexibility index (Phi) is 3.53. The molecule has 1 saturated carbocycles. The molecule has 2 fully saturated rings. The van der Waals surface area contributed by atoms with E-state index in [1.807, 2.05) is 30.4 Å². The molecule has 138 valence electrons. The zero-order valence-corrected chi connectivity index (χ0v) is 15.0. The standard InChI is InChI=1S/C19H20N6O2/c1-3-18(26)24-10-12-6-14(7-17(12)24)27-19-16-4-5-20-25(16)11-15(22-19)13-8-21-23(2)9-13/h3-5,8-9,11-12,14,17H,1,6-7,10H2,2H3/t12-,14-,17-/m0/s1. The molecule has 4 heterocycles. The van der Waals surface area contributed by atoms with Crippen molar-refractivity contribution in [3.63, 3.8) is 0 Å². The lowest BCUT2D eigenvalue weighted by Crippen LogP contribution is -2.55. The van der Waals surface area contributed by atoms with Gasteiger partial charge in [0.25, 0.3) is 0 Å². The Bertz CT molecular complexity index is 1040. The number of aryl methyl sites for hydroxylation is 1.